The van der Waals surface area contributed by atoms with Gasteiger partial charge < -0.3 is 4.57 Å². The Kier molecular flexibility index (Phi) is 3.88. The van der Waals surface area contributed by atoms with Crippen LogP contribution < -0.4 is 4.72 Å². The number of hydrogen-bond acceptors (Lipinski definition) is 4. The van der Waals surface area contributed by atoms with Crippen molar-refractivity contribution < 1.29 is 8.42 Å². The number of H-pyrrole nitrogens is 1. The first-order valence-electron chi connectivity index (χ1n) is 6.75. The van der Waals surface area contributed by atoms with Gasteiger partial charge in [0.1, 0.15) is 0 Å². The van der Waals surface area contributed by atoms with Gasteiger partial charge >= 0.3 is 0 Å². The molecule has 0 atom stereocenters. The summed E-state index contributed by atoms with van der Waals surface area (Å²) >= 11 is 10.9. The zero-order chi connectivity index (χ0) is 16.0. The molecule has 0 aliphatic heterocycles. The molecule has 0 spiro atoms. The van der Waals surface area contributed by atoms with Crippen LogP contribution in [0.2, 0.25) is 5.02 Å². The molecule has 0 amide bonds. The minimum Gasteiger partial charge on any atom is -0.306 e. The quantitative estimate of drug-likeness (QED) is 0.823. The van der Waals surface area contributed by atoms with Crippen molar-refractivity contribution in [1.29, 1.82) is 0 Å². The van der Waals surface area contributed by atoms with Gasteiger partial charge in [0.15, 0.2) is 10.6 Å². The molecule has 0 radical (unpaired) electrons. The van der Waals surface area contributed by atoms with E-state index in [-0.39, 0.29) is 4.90 Å². The number of nitrogens with one attached hydrogen (secondary N) is 2. The molecule has 1 saturated carbocycles. The highest BCUT2D eigenvalue weighted by molar-refractivity contribution is 7.89. The highest BCUT2D eigenvalue weighted by Gasteiger charge is 2.45. The summed E-state index contributed by atoms with van der Waals surface area (Å²) in [4.78, 5) is 0.181. The van der Waals surface area contributed by atoms with Crippen molar-refractivity contribution in [3.8, 4) is 0 Å². The van der Waals surface area contributed by atoms with Gasteiger partial charge in [-0.05, 0) is 55.7 Å². The molecule has 2 aromatic rings. The average Bonchev–Trinajstić information content (AvgIpc) is 2.75. The van der Waals surface area contributed by atoms with Crippen LogP contribution in [0, 0.1) is 4.77 Å². The number of sulfonamides is 1. The molecule has 6 nitrogen and oxygen atoms in total. The van der Waals surface area contributed by atoms with E-state index >= 15 is 0 Å². The van der Waals surface area contributed by atoms with E-state index in [2.05, 4.69) is 14.9 Å². The average molecular weight is 359 g/mol. The number of nitrogens with zero attached hydrogens (tertiary/aromatic N) is 2. The number of aromatic nitrogens is 3. The Labute approximate surface area is 138 Å². The molecule has 1 aromatic carbocycles. The van der Waals surface area contributed by atoms with Crippen molar-refractivity contribution >= 4 is 33.8 Å². The summed E-state index contributed by atoms with van der Waals surface area (Å²) in [6.45, 7) is 0. The maximum atomic E-state index is 12.6. The second kappa shape index (κ2) is 5.45. The lowest BCUT2D eigenvalue weighted by atomic mass is 9.77. The summed E-state index contributed by atoms with van der Waals surface area (Å²) in [5.41, 5.74) is -0.708. The van der Waals surface area contributed by atoms with Crippen LogP contribution in [0.5, 0.6) is 0 Å². The highest BCUT2D eigenvalue weighted by atomic mass is 35.5. The van der Waals surface area contributed by atoms with E-state index in [4.69, 9.17) is 23.8 Å². The van der Waals surface area contributed by atoms with Crippen molar-refractivity contribution in [2.75, 3.05) is 0 Å². The molecular weight excluding hydrogens is 344 g/mol. The first kappa shape index (κ1) is 15.7. The number of rotatable bonds is 4. The van der Waals surface area contributed by atoms with Crippen molar-refractivity contribution in [3.05, 3.63) is 39.9 Å². The van der Waals surface area contributed by atoms with Crippen LogP contribution in [0.3, 0.4) is 0 Å². The summed E-state index contributed by atoms with van der Waals surface area (Å²) < 4.78 is 30.2. The molecule has 118 valence electrons. The molecule has 1 aromatic heterocycles. The SMILES string of the molecule is Cn1c(C2(NS(=O)(=O)c3ccc(Cl)cc3)CCC2)n[nH]c1=S. The van der Waals surface area contributed by atoms with E-state index in [1.165, 1.54) is 12.1 Å². The van der Waals surface area contributed by atoms with Crippen molar-refractivity contribution in [1.82, 2.24) is 19.5 Å². The third-order valence-electron chi connectivity index (χ3n) is 3.97. The lowest BCUT2D eigenvalue weighted by Crippen LogP contribution is -2.52. The molecule has 0 unspecified atom stereocenters. The molecule has 2 N–H and O–H groups in total. The second-order valence-electron chi connectivity index (χ2n) is 5.41. The van der Waals surface area contributed by atoms with Gasteiger partial charge in [-0.15, -0.1) is 0 Å². The fourth-order valence-corrected chi connectivity index (χ4v) is 4.29. The van der Waals surface area contributed by atoms with Gasteiger partial charge in [-0.25, -0.2) is 8.42 Å². The minimum atomic E-state index is -3.66. The maximum Gasteiger partial charge on any atom is 0.241 e. The Morgan fingerprint density at radius 3 is 2.45 bits per heavy atom. The standard InChI is InChI=1S/C13H15ClN4O2S2/c1-18-11(15-16-12(18)21)13(7-2-8-13)17-22(19,20)10-5-3-9(14)4-6-10/h3-6,17H,2,7-8H2,1H3,(H,16,21). The minimum absolute atomic E-state index is 0.181. The predicted octanol–water partition coefficient (Wildman–Crippen LogP) is 2.49. The number of hydrogen-bond donors (Lipinski definition) is 2. The zero-order valence-electron chi connectivity index (χ0n) is 11.8. The summed E-state index contributed by atoms with van der Waals surface area (Å²) in [7, 11) is -1.89. The summed E-state index contributed by atoms with van der Waals surface area (Å²) in [5, 5.41) is 7.40. The lowest BCUT2D eigenvalue weighted by molar-refractivity contribution is 0.204. The molecule has 1 heterocycles. The van der Waals surface area contributed by atoms with Gasteiger partial charge in [0.05, 0.1) is 10.4 Å². The van der Waals surface area contributed by atoms with E-state index in [0.29, 0.717) is 28.5 Å². The third-order valence-corrected chi connectivity index (χ3v) is 6.14. The zero-order valence-corrected chi connectivity index (χ0v) is 14.2. The molecule has 9 heteroatoms. The van der Waals surface area contributed by atoms with Gasteiger partial charge in [-0.1, -0.05) is 11.6 Å². The van der Waals surface area contributed by atoms with E-state index < -0.39 is 15.6 Å². The van der Waals surface area contributed by atoms with Gasteiger partial charge in [-0.3, -0.25) is 5.10 Å². The largest absolute Gasteiger partial charge is 0.306 e. The topological polar surface area (TPSA) is 79.8 Å². The van der Waals surface area contributed by atoms with Crippen molar-refractivity contribution in [2.45, 2.75) is 29.7 Å². The highest BCUT2D eigenvalue weighted by Crippen LogP contribution is 2.41. The predicted molar refractivity (Wildman–Crippen MR) is 85.7 cm³/mol. The van der Waals surface area contributed by atoms with E-state index in [1.54, 1.807) is 23.7 Å². The summed E-state index contributed by atoms with van der Waals surface area (Å²) in [6.07, 6.45) is 2.31. The van der Waals surface area contributed by atoms with Crippen LogP contribution >= 0.6 is 23.8 Å². The molecular formula is C13H15ClN4O2S2. The van der Waals surface area contributed by atoms with Crippen LogP contribution in [0.1, 0.15) is 25.1 Å². The van der Waals surface area contributed by atoms with E-state index in [9.17, 15) is 8.42 Å². The Morgan fingerprint density at radius 1 is 1.36 bits per heavy atom. The van der Waals surface area contributed by atoms with Crippen LogP contribution in [-0.4, -0.2) is 23.2 Å². The number of benzene rings is 1. The molecule has 22 heavy (non-hydrogen) atoms. The Balaban J connectivity index is 1.97. The third kappa shape index (κ3) is 2.60. The molecule has 1 aliphatic carbocycles. The van der Waals surface area contributed by atoms with Crippen molar-refractivity contribution in [3.63, 3.8) is 0 Å². The monoisotopic (exact) mass is 358 g/mol. The fourth-order valence-electron chi connectivity index (χ4n) is 2.61. The first-order valence-corrected chi connectivity index (χ1v) is 9.02. The van der Waals surface area contributed by atoms with Crippen LogP contribution in [0.25, 0.3) is 0 Å². The van der Waals surface area contributed by atoms with Crippen molar-refractivity contribution in [2.24, 2.45) is 7.05 Å². The molecule has 1 fully saturated rings. The summed E-state index contributed by atoms with van der Waals surface area (Å²) in [5.74, 6) is 0.612. The van der Waals surface area contributed by atoms with Crippen LogP contribution in [-0.2, 0) is 22.6 Å². The lowest BCUT2D eigenvalue weighted by Gasteiger charge is -2.40. The normalized spacial score (nSPS) is 17.2. The van der Waals surface area contributed by atoms with Gasteiger partial charge in [0, 0.05) is 12.1 Å². The Bertz CT molecular complexity index is 851. The van der Waals surface area contributed by atoms with Crippen LogP contribution in [0.15, 0.2) is 29.2 Å². The summed E-state index contributed by atoms with van der Waals surface area (Å²) in [6, 6.07) is 6.08. The second-order valence-corrected chi connectivity index (χ2v) is 7.91. The van der Waals surface area contributed by atoms with Crippen LogP contribution in [0.4, 0.5) is 0 Å². The molecule has 1 aliphatic rings. The van der Waals surface area contributed by atoms with Gasteiger partial charge in [-0.2, -0.15) is 9.82 Å². The smallest absolute Gasteiger partial charge is 0.241 e. The maximum absolute atomic E-state index is 12.6. The fraction of sp³-hybridized carbons (Fsp3) is 0.385. The Morgan fingerprint density at radius 2 is 2.00 bits per heavy atom. The number of halogens is 1. The van der Waals surface area contributed by atoms with E-state index in [1.807, 2.05) is 0 Å². The molecule has 3 rings (SSSR count). The Hall–Kier alpha value is -1.22. The van der Waals surface area contributed by atoms with Gasteiger partial charge in [0.2, 0.25) is 10.0 Å². The molecule has 0 saturated heterocycles. The van der Waals surface area contributed by atoms with Gasteiger partial charge in [0.25, 0.3) is 0 Å². The van der Waals surface area contributed by atoms with E-state index in [0.717, 1.165) is 6.42 Å². The number of aromatic amines is 1. The molecule has 0 bridgehead atoms. The first-order chi connectivity index (χ1) is 10.3.